The fourth-order valence-electron chi connectivity index (χ4n) is 4.12. The third-order valence-electron chi connectivity index (χ3n) is 6.02. The lowest BCUT2D eigenvalue weighted by atomic mass is 10.1. The van der Waals surface area contributed by atoms with E-state index >= 15 is 0 Å². The van der Waals surface area contributed by atoms with Crippen molar-refractivity contribution in [2.75, 3.05) is 33.2 Å². The molecule has 8 heteroatoms. The van der Waals surface area contributed by atoms with Gasteiger partial charge in [-0.05, 0) is 79.2 Å². The van der Waals surface area contributed by atoms with Crippen molar-refractivity contribution in [3.63, 3.8) is 0 Å². The first-order chi connectivity index (χ1) is 17.0. The Bertz CT molecular complexity index is 1310. The topological polar surface area (TPSA) is 71.6 Å². The van der Waals surface area contributed by atoms with Crippen molar-refractivity contribution in [3.8, 4) is 17.2 Å². The Labute approximate surface area is 211 Å². The number of anilines is 1. The van der Waals surface area contributed by atoms with Crippen LogP contribution in [0.5, 0.6) is 17.2 Å². The van der Waals surface area contributed by atoms with Crippen molar-refractivity contribution in [3.05, 3.63) is 77.7 Å². The highest BCUT2D eigenvalue weighted by molar-refractivity contribution is 7.80. The zero-order valence-electron chi connectivity index (χ0n) is 20.4. The second kappa shape index (κ2) is 11.1. The van der Waals surface area contributed by atoms with Gasteiger partial charge in [0.05, 0.1) is 27.0 Å². The number of pyridine rings is 1. The van der Waals surface area contributed by atoms with E-state index in [1.165, 1.54) is 10.9 Å². The molecule has 7 nitrogen and oxygen atoms in total. The van der Waals surface area contributed by atoms with Gasteiger partial charge < -0.3 is 29.4 Å². The number of thiocarbonyl (C=S) groups is 1. The summed E-state index contributed by atoms with van der Waals surface area (Å²) >= 11 is 5.88. The van der Waals surface area contributed by atoms with E-state index in [0.29, 0.717) is 24.0 Å². The molecule has 0 spiro atoms. The van der Waals surface area contributed by atoms with E-state index in [9.17, 15) is 0 Å². The van der Waals surface area contributed by atoms with Crippen LogP contribution in [-0.4, -0.2) is 47.9 Å². The van der Waals surface area contributed by atoms with Crippen LogP contribution in [0.2, 0.25) is 0 Å². The Morgan fingerprint density at radius 1 is 0.971 bits per heavy atom. The van der Waals surface area contributed by atoms with Gasteiger partial charge in [0, 0.05) is 48.1 Å². The molecule has 0 aliphatic heterocycles. The van der Waals surface area contributed by atoms with Crippen LogP contribution in [0.25, 0.3) is 10.9 Å². The van der Waals surface area contributed by atoms with Gasteiger partial charge in [-0.3, -0.25) is 4.98 Å². The van der Waals surface area contributed by atoms with E-state index in [0.717, 1.165) is 40.4 Å². The van der Waals surface area contributed by atoms with Crippen molar-refractivity contribution < 1.29 is 14.2 Å². The van der Waals surface area contributed by atoms with Crippen LogP contribution in [0.4, 0.5) is 5.69 Å². The van der Waals surface area contributed by atoms with Crippen molar-refractivity contribution in [1.82, 2.24) is 14.9 Å². The third-order valence-corrected chi connectivity index (χ3v) is 6.38. The Kier molecular flexibility index (Phi) is 7.72. The summed E-state index contributed by atoms with van der Waals surface area (Å²) in [5, 5.41) is 5.13. The molecule has 2 heterocycles. The third kappa shape index (κ3) is 5.66. The minimum atomic E-state index is 0.600. The van der Waals surface area contributed by atoms with Gasteiger partial charge in [-0.15, -0.1) is 0 Å². The van der Waals surface area contributed by atoms with Gasteiger partial charge in [0.1, 0.15) is 17.2 Å². The Balaban J connectivity index is 1.60. The van der Waals surface area contributed by atoms with Crippen molar-refractivity contribution >= 4 is 33.9 Å². The van der Waals surface area contributed by atoms with Crippen LogP contribution in [-0.2, 0) is 13.0 Å². The summed E-state index contributed by atoms with van der Waals surface area (Å²) in [6.45, 7) is 3.46. The maximum Gasteiger partial charge on any atom is 0.173 e. The molecule has 0 bridgehead atoms. The van der Waals surface area contributed by atoms with Crippen LogP contribution in [0.3, 0.4) is 0 Å². The lowest BCUT2D eigenvalue weighted by molar-refractivity contribution is 0.403. The molecule has 182 valence electrons. The molecule has 0 saturated heterocycles. The minimum Gasteiger partial charge on any atom is -0.497 e. The molecule has 0 amide bonds. The second-order valence-corrected chi connectivity index (χ2v) is 8.55. The van der Waals surface area contributed by atoms with Crippen molar-refractivity contribution in [2.45, 2.75) is 19.9 Å². The van der Waals surface area contributed by atoms with E-state index in [1.54, 1.807) is 33.7 Å². The van der Waals surface area contributed by atoms with Crippen LogP contribution < -0.4 is 19.5 Å². The SMILES string of the molecule is COc1ccc(OC)c(NC(=S)N(CCc2c(C)[nH]c3ccc(OC)cc23)Cc2ccncc2)c1. The lowest BCUT2D eigenvalue weighted by Crippen LogP contribution is -2.36. The molecule has 0 unspecified atom stereocenters. The molecular weight excluding hydrogens is 460 g/mol. The number of hydrogen-bond donors (Lipinski definition) is 2. The molecule has 2 aromatic carbocycles. The van der Waals surface area contributed by atoms with E-state index < -0.39 is 0 Å². The number of ether oxygens (including phenoxy) is 3. The first-order valence-corrected chi connectivity index (χ1v) is 11.7. The largest absolute Gasteiger partial charge is 0.497 e. The number of aromatic amines is 1. The molecule has 2 N–H and O–H groups in total. The average Bonchev–Trinajstić information content (AvgIpc) is 3.20. The van der Waals surface area contributed by atoms with Gasteiger partial charge in [0.25, 0.3) is 0 Å². The summed E-state index contributed by atoms with van der Waals surface area (Å²) in [5.74, 6) is 2.26. The first kappa shape index (κ1) is 24.3. The highest BCUT2D eigenvalue weighted by atomic mass is 32.1. The van der Waals surface area contributed by atoms with Crippen LogP contribution >= 0.6 is 12.2 Å². The number of aryl methyl sites for hydroxylation is 1. The second-order valence-electron chi connectivity index (χ2n) is 8.16. The maximum atomic E-state index is 5.88. The molecule has 35 heavy (non-hydrogen) atoms. The first-order valence-electron chi connectivity index (χ1n) is 11.3. The molecule has 2 aromatic heterocycles. The van der Waals surface area contributed by atoms with Crippen LogP contribution in [0, 0.1) is 6.92 Å². The number of hydrogen-bond acceptors (Lipinski definition) is 5. The van der Waals surface area contributed by atoms with E-state index in [4.69, 9.17) is 26.4 Å². The summed E-state index contributed by atoms with van der Waals surface area (Å²) in [7, 11) is 4.96. The number of aromatic nitrogens is 2. The number of rotatable bonds is 9. The zero-order chi connectivity index (χ0) is 24.8. The zero-order valence-corrected chi connectivity index (χ0v) is 21.2. The van der Waals surface area contributed by atoms with Crippen LogP contribution in [0.15, 0.2) is 60.9 Å². The van der Waals surface area contributed by atoms with E-state index in [1.807, 2.05) is 36.4 Å². The highest BCUT2D eigenvalue weighted by Crippen LogP contribution is 2.30. The van der Waals surface area contributed by atoms with Gasteiger partial charge in [0.15, 0.2) is 5.11 Å². The summed E-state index contributed by atoms with van der Waals surface area (Å²) in [6, 6.07) is 15.7. The Hall–Kier alpha value is -3.78. The van der Waals surface area contributed by atoms with Gasteiger partial charge >= 0.3 is 0 Å². The van der Waals surface area contributed by atoms with Crippen LogP contribution in [0.1, 0.15) is 16.8 Å². The van der Waals surface area contributed by atoms with Crippen molar-refractivity contribution in [1.29, 1.82) is 0 Å². The number of H-pyrrole nitrogens is 1. The maximum absolute atomic E-state index is 5.88. The lowest BCUT2D eigenvalue weighted by Gasteiger charge is -2.27. The molecule has 0 aliphatic carbocycles. The predicted molar refractivity (Wildman–Crippen MR) is 144 cm³/mol. The average molecular weight is 491 g/mol. The van der Waals surface area contributed by atoms with Gasteiger partial charge in [-0.1, -0.05) is 0 Å². The van der Waals surface area contributed by atoms with Crippen molar-refractivity contribution in [2.24, 2.45) is 0 Å². The summed E-state index contributed by atoms with van der Waals surface area (Å²) in [5.41, 5.74) is 5.37. The normalized spacial score (nSPS) is 10.7. The minimum absolute atomic E-state index is 0.600. The Morgan fingerprint density at radius 2 is 1.69 bits per heavy atom. The molecular formula is C27H30N4O3S. The smallest absolute Gasteiger partial charge is 0.173 e. The number of fused-ring (bicyclic) bond motifs is 1. The fourth-order valence-corrected chi connectivity index (χ4v) is 4.39. The number of methoxy groups -OCH3 is 3. The van der Waals surface area contributed by atoms with Gasteiger partial charge in [-0.2, -0.15) is 0 Å². The van der Waals surface area contributed by atoms with Gasteiger partial charge in [-0.25, -0.2) is 0 Å². The highest BCUT2D eigenvalue weighted by Gasteiger charge is 2.16. The standard InChI is InChI=1S/C27H30N4O3S/c1-18-22(23-15-20(32-2)5-7-24(23)29-18)11-14-31(17-19-9-12-28-13-10-19)27(35)30-25-16-21(33-3)6-8-26(25)34-4/h5-10,12-13,15-16,29H,11,14,17H2,1-4H3,(H,30,35). The Morgan fingerprint density at radius 3 is 2.40 bits per heavy atom. The van der Waals surface area contributed by atoms with Gasteiger partial charge in [0.2, 0.25) is 0 Å². The van der Waals surface area contributed by atoms with E-state index in [2.05, 4.69) is 39.2 Å². The summed E-state index contributed by atoms with van der Waals surface area (Å²) < 4.78 is 16.4. The molecule has 0 atom stereocenters. The molecule has 0 fully saturated rings. The molecule has 0 radical (unpaired) electrons. The molecule has 0 aliphatic rings. The number of benzene rings is 2. The van der Waals surface area contributed by atoms with E-state index in [-0.39, 0.29) is 0 Å². The monoisotopic (exact) mass is 490 g/mol. The number of nitrogens with zero attached hydrogens (tertiary/aromatic N) is 2. The quantitative estimate of drug-likeness (QED) is 0.307. The summed E-state index contributed by atoms with van der Waals surface area (Å²) in [6.07, 6.45) is 4.40. The molecule has 4 aromatic rings. The molecule has 0 saturated carbocycles. The predicted octanol–water partition coefficient (Wildman–Crippen LogP) is 5.34. The number of nitrogens with one attached hydrogen (secondary N) is 2. The molecule has 4 rings (SSSR count). The summed E-state index contributed by atoms with van der Waals surface area (Å²) in [4.78, 5) is 9.78. The fraction of sp³-hybridized carbons (Fsp3) is 0.259.